The monoisotopic (exact) mass is 440 g/mol. The number of piperidine rings is 1. The zero-order valence-electron chi connectivity index (χ0n) is 15.8. The van der Waals surface area contributed by atoms with Gasteiger partial charge in [0.05, 0.1) is 5.02 Å². The summed E-state index contributed by atoms with van der Waals surface area (Å²) in [6.07, 6.45) is 2.92. The van der Waals surface area contributed by atoms with E-state index in [-0.39, 0.29) is 17.3 Å². The van der Waals surface area contributed by atoms with Gasteiger partial charge in [-0.3, -0.25) is 4.90 Å². The first-order valence-electron chi connectivity index (χ1n) is 9.58. The van der Waals surface area contributed by atoms with Crippen LogP contribution >= 0.6 is 24.0 Å². The molecule has 2 aliphatic heterocycles. The quantitative estimate of drug-likeness (QED) is 0.714. The maximum Gasteiger partial charge on any atom is 0.244 e. The van der Waals surface area contributed by atoms with Crippen LogP contribution in [-0.4, -0.2) is 43.8 Å². The molecule has 2 aromatic carbocycles. The van der Waals surface area contributed by atoms with Crippen molar-refractivity contribution in [3.63, 3.8) is 0 Å². The molecule has 0 aliphatic carbocycles. The number of hydrogen-bond acceptors (Lipinski definition) is 3. The maximum absolute atomic E-state index is 12.9. The summed E-state index contributed by atoms with van der Waals surface area (Å²) >= 11 is 6.11. The lowest BCUT2D eigenvalue weighted by molar-refractivity contribution is 0.171. The first-order valence-corrected chi connectivity index (χ1v) is 11.4. The van der Waals surface area contributed by atoms with E-state index >= 15 is 0 Å². The molecule has 0 spiro atoms. The molecule has 1 saturated heterocycles. The van der Waals surface area contributed by atoms with E-state index in [0.717, 1.165) is 38.9 Å². The lowest BCUT2D eigenvalue weighted by Crippen LogP contribution is -2.42. The summed E-state index contributed by atoms with van der Waals surface area (Å²) in [4.78, 5) is 2.74. The molecule has 0 aromatic heterocycles. The largest absolute Gasteiger partial charge is 0.298 e. The molecule has 4 nitrogen and oxygen atoms in total. The van der Waals surface area contributed by atoms with Gasteiger partial charge < -0.3 is 0 Å². The lowest BCUT2D eigenvalue weighted by Gasteiger charge is -2.36. The molecule has 152 valence electrons. The van der Waals surface area contributed by atoms with Crippen molar-refractivity contribution in [3.8, 4) is 0 Å². The van der Waals surface area contributed by atoms with Crippen LogP contribution in [0.5, 0.6) is 0 Å². The molecule has 7 heteroatoms. The second-order valence-corrected chi connectivity index (χ2v) is 9.85. The van der Waals surface area contributed by atoms with Crippen molar-refractivity contribution < 1.29 is 8.42 Å². The highest BCUT2D eigenvalue weighted by atomic mass is 35.5. The van der Waals surface area contributed by atoms with Gasteiger partial charge in [-0.15, -0.1) is 12.4 Å². The normalized spacial score (nSPS) is 19.0. The summed E-state index contributed by atoms with van der Waals surface area (Å²) in [5.74, 6) is 0.549. The lowest BCUT2D eigenvalue weighted by atomic mass is 9.94. The van der Waals surface area contributed by atoms with Crippen LogP contribution in [-0.2, 0) is 23.0 Å². The van der Waals surface area contributed by atoms with E-state index < -0.39 is 10.0 Å². The van der Waals surface area contributed by atoms with Crippen LogP contribution in [0.1, 0.15) is 24.0 Å². The van der Waals surface area contributed by atoms with Gasteiger partial charge in [0.1, 0.15) is 4.90 Å². The minimum Gasteiger partial charge on any atom is -0.298 e. The van der Waals surface area contributed by atoms with Crippen LogP contribution in [0.15, 0.2) is 53.4 Å². The first kappa shape index (κ1) is 21.6. The fourth-order valence-electron chi connectivity index (χ4n) is 4.20. The van der Waals surface area contributed by atoms with Gasteiger partial charge in [-0.25, -0.2) is 8.42 Å². The Morgan fingerprint density at radius 2 is 1.57 bits per heavy atom. The third-order valence-electron chi connectivity index (χ3n) is 5.75. The van der Waals surface area contributed by atoms with Crippen LogP contribution in [0.25, 0.3) is 0 Å². The number of fused-ring (bicyclic) bond motifs is 1. The molecule has 0 bridgehead atoms. The molecule has 1 fully saturated rings. The van der Waals surface area contributed by atoms with Gasteiger partial charge in [0.2, 0.25) is 10.0 Å². The summed E-state index contributed by atoms with van der Waals surface area (Å²) in [6.45, 7) is 4.29. The van der Waals surface area contributed by atoms with Crippen molar-refractivity contribution in [1.29, 1.82) is 0 Å². The van der Waals surface area contributed by atoms with Gasteiger partial charge in [0, 0.05) is 32.7 Å². The maximum atomic E-state index is 12.9. The molecule has 0 unspecified atom stereocenters. The van der Waals surface area contributed by atoms with Crippen molar-refractivity contribution in [2.45, 2.75) is 30.7 Å². The minimum absolute atomic E-state index is 0. The van der Waals surface area contributed by atoms with Crippen molar-refractivity contribution >= 4 is 34.0 Å². The fourth-order valence-corrected chi connectivity index (χ4v) is 6.16. The average molecular weight is 441 g/mol. The number of sulfonamides is 1. The highest BCUT2D eigenvalue weighted by molar-refractivity contribution is 7.89. The van der Waals surface area contributed by atoms with Crippen LogP contribution < -0.4 is 0 Å². The van der Waals surface area contributed by atoms with Crippen molar-refractivity contribution in [3.05, 3.63) is 64.7 Å². The second kappa shape index (κ2) is 9.14. The molecular formula is C21H26Cl2N2O2S. The standard InChI is InChI=1S/C21H25ClN2O2S.ClH/c22-20-7-3-4-8-21(20)27(25,26)24-13-9-17(10-14-24)15-23-12-11-18-5-1-2-6-19(18)16-23;/h1-8,17H,9-16H2;1H. The Hall–Kier alpha value is -1.11. The Bertz CT molecular complexity index is 912. The molecule has 0 amide bonds. The van der Waals surface area contributed by atoms with E-state index in [0.29, 0.717) is 24.0 Å². The summed E-state index contributed by atoms with van der Waals surface area (Å²) in [6, 6.07) is 15.4. The molecular weight excluding hydrogens is 415 g/mol. The summed E-state index contributed by atoms with van der Waals surface area (Å²) in [7, 11) is -3.50. The molecule has 2 aliphatic rings. The molecule has 0 atom stereocenters. The Kier molecular flexibility index (Phi) is 7.05. The third-order valence-corrected chi connectivity index (χ3v) is 8.15. The molecule has 28 heavy (non-hydrogen) atoms. The number of rotatable bonds is 4. The fraction of sp³-hybridized carbons (Fsp3) is 0.429. The second-order valence-electron chi connectivity index (χ2n) is 7.53. The van der Waals surface area contributed by atoms with E-state index in [4.69, 9.17) is 11.6 Å². The van der Waals surface area contributed by atoms with Gasteiger partial charge in [-0.2, -0.15) is 4.31 Å². The van der Waals surface area contributed by atoms with E-state index in [1.807, 2.05) is 0 Å². The summed E-state index contributed by atoms with van der Waals surface area (Å²) in [5, 5.41) is 0.298. The predicted octanol–water partition coefficient (Wildman–Crippen LogP) is 4.22. The van der Waals surface area contributed by atoms with Gasteiger partial charge in [0.25, 0.3) is 0 Å². The summed E-state index contributed by atoms with van der Waals surface area (Å²) in [5.41, 5.74) is 2.90. The highest BCUT2D eigenvalue weighted by Crippen LogP contribution is 2.29. The van der Waals surface area contributed by atoms with E-state index in [2.05, 4.69) is 29.2 Å². The Labute approximate surface area is 178 Å². The first-order chi connectivity index (χ1) is 13.0. The van der Waals surface area contributed by atoms with E-state index in [1.165, 1.54) is 11.1 Å². The van der Waals surface area contributed by atoms with Crippen LogP contribution in [0, 0.1) is 5.92 Å². The van der Waals surface area contributed by atoms with Gasteiger partial charge in [-0.05, 0) is 48.4 Å². The predicted molar refractivity (Wildman–Crippen MR) is 116 cm³/mol. The highest BCUT2D eigenvalue weighted by Gasteiger charge is 2.31. The molecule has 0 N–H and O–H groups in total. The van der Waals surface area contributed by atoms with Crippen LogP contribution in [0.2, 0.25) is 5.02 Å². The number of halogens is 2. The topological polar surface area (TPSA) is 40.6 Å². The Morgan fingerprint density at radius 1 is 0.929 bits per heavy atom. The number of hydrogen-bond donors (Lipinski definition) is 0. The van der Waals surface area contributed by atoms with Crippen LogP contribution in [0.4, 0.5) is 0 Å². The molecule has 2 heterocycles. The average Bonchev–Trinajstić information content (AvgIpc) is 2.68. The molecule has 0 saturated carbocycles. The zero-order valence-corrected chi connectivity index (χ0v) is 18.1. The Morgan fingerprint density at radius 3 is 2.29 bits per heavy atom. The number of benzene rings is 2. The van der Waals surface area contributed by atoms with Crippen molar-refractivity contribution in [2.75, 3.05) is 26.2 Å². The van der Waals surface area contributed by atoms with Gasteiger partial charge in [0.15, 0.2) is 0 Å². The summed E-state index contributed by atoms with van der Waals surface area (Å²) < 4.78 is 27.3. The van der Waals surface area contributed by atoms with E-state index in [1.54, 1.807) is 28.6 Å². The molecule has 4 rings (SSSR count). The SMILES string of the molecule is Cl.O=S(=O)(c1ccccc1Cl)N1CCC(CN2CCc3ccccc3C2)CC1. The number of nitrogens with zero attached hydrogens (tertiary/aromatic N) is 2. The van der Waals surface area contributed by atoms with Crippen molar-refractivity contribution in [1.82, 2.24) is 9.21 Å². The zero-order chi connectivity index (χ0) is 18.9. The minimum atomic E-state index is -3.50. The third kappa shape index (κ3) is 4.55. The van der Waals surface area contributed by atoms with Crippen LogP contribution in [0.3, 0.4) is 0 Å². The smallest absolute Gasteiger partial charge is 0.244 e. The van der Waals surface area contributed by atoms with E-state index in [9.17, 15) is 8.42 Å². The molecule has 0 radical (unpaired) electrons. The van der Waals surface area contributed by atoms with Gasteiger partial charge >= 0.3 is 0 Å². The Balaban J connectivity index is 0.00000225. The van der Waals surface area contributed by atoms with Crippen molar-refractivity contribution in [2.24, 2.45) is 5.92 Å². The van der Waals surface area contributed by atoms with Gasteiger partial charge in [-0.1, -0.05) is 48.0 Å². The molecule has 2 aromatic rings.